The quantitative estimate of drug-likeness (QED) is 0.588. The second-order valence-corrected chi connectivity index (χ2v) is 5.52. The lowest BCUT2D eigenvalue weighted by Gasteiger charge is -2.20. The molecule has 0 aliphatic carbocycles. The van der Waals surface area contributed by atoms with Gasteiger partial charge in [-0.25, -0.2) is 0 Å². The third kappa shape index (κ3) is 11.6. The molecular formula is C14H30N2. The summed E-state index contributed by atoms with van der Waals surface area (Å²) in [5, 5.41) is 6.87. The zero-order chi connectivity index (χ0) is 12.4. The van der Waals surface area contributed by atoms with Crippen LogP contribution in [0.2, 0.25) is 0 Å². The van der Waals surface area contributed by atoms with Crippen LogP contribution in [0.4, 0.5) is 0 Å². The standard InChI is InChI=1S/C14H30N2/c1-6-7-8-10-13(2)15-11-9-12-16-14(3,4)5/h15-16H,2,6-12H2,1,3-5H3. The Bertz CT molecular complexity index is 180. The summed E-state index contributed by atoms with van der Waals surface area (Å²) in [6, 6.07) is 0. The summed E-state index contributed by atoms with van der Waals surface area (Å²) in [5.74, 6) is 0. The van der Waals surface area contributed by atoms with E-state index in [1.807, 2.05) is 0 Å². The van der Waals surface area contributed by atoms with Gasteiger partial charge in [-0.2, -0.15) is 0 Å². The van der Waals surface area contributed by atoms with Crippen LogP contribution in [0.3, 0.4) is 0 Å². The highest BCUT2D eigenvalue weighted by atomic mass is 14.9. The Morgan fingerprint density at radius 3 is 2.31 bits per heavy atom. The summed E-state index contributed by atoms with van der Waals surface area (Å²) in [6.45, 7) is 15.0. The Hall–Kier alpha value is -0.500. The van der Waals surface area contributed by atoms with E-state index in [1.54, 1.807) is 0 Å². The van der Waals surface area contributed by atoms with Gasteiger partial charge in [0.05, 0.1) is 0 Å². The van der Waals surface area contributed by atoms with E-state index in [4.69, 9.17) is 0 Å². The molecule has 0 saturated heterocycles. The second kappa shape index (κ2) is 8.63. The second-order valence-electron chi connectivity index (χ2n) is 5.52. The van der Waals surface area contributed by atoms with Crippen LogP contribution in [0, 0.1) is 0 Å². The van der Waals surface area contributed by atoms with Crippen molar-refractivity contribution in [3.63, 3.8) is 0 Å². The van der Waals surface area contributed by atoms with Crippen molar-refractivity contribution in [1.82, 2.24) is 10.6 Å². The molecule has 0 aromatic heterocycles. The Morgan fingerprint density at radius 1 is 1.06 bits per heavy atom. The van der Waals surface area contributed by atoms with Crippen LogP contribution in [0.15, 0.2) is 12.3 Å². The minimum Gasteiger partial charge on any atom is -0.389 e. The van der Waals surface area contributed by atoms with Crippen molar-refractivity contribution < 1.29 is 0 Å². The van der Waals surface area contributed by atoms with Gasteiger partial charge in [-0.15, -0.1) is 0 Å². The largest absolute Gasteiger partial charge is 0.389 e. The molecule has 0 aromatic rings. The number of rotatable bonds is 9. The molecule has 0 heterocycles. The molecule has 0 amide bonds. The highest BCUT2D eigenvalue weighted by molar-refractivity contribution is 4.90. The fraction of sp³-hybridized carbons (Fsp3) is 0.857. The average Bonchev–Trinajstić information content (AvgIpc) is 2.16. The molecule has 0 saturated carbocycles. The van der Waals surface area contributed by atoms with E-state index in [9.17, 15) is 0 Å². The van der Waals surface area contributed by atoms with E-state index in [-0.39, 0.29) is 5.54 Å². The number of hydrogen-bond donors (Lipinski definition) is 2. The zero-order valence-electron chi connectivity index (χ0n) is 11.7. The molecular weight excluding hydrogens is 196 g/mol. The van der Waals surface area contributed by atoms with Crippen LogP contribution in [-0.2, 0) is 0 Å². The van der Waals surface area contributed by atoms with E-state index in [0.717, 1.165) is 25.9 Å². The molecule has 0 aliphatic rings. The van der Waals surface area contributed by atoms with Crippen molar-refractivity contribution in [3.8, 4) is 0 Å². The van der Waals surface area contributed by atoms with Crippen molar-refractivity contribution in [2.75, 3.05) is 13.1 Å². The average molecular weight is 226 g/mol. The first-order valence-corrected chi connectivity index (χ1v) is 6.62. The van der Waals surface area contributed by atoms with Crippen LogP contribution in [0.25, 0.3) is 0 Å². The summed E-state index contributed by atoms with van der Waals surface area (Å²) in [4.78, 5) is 0. The summed E-state index contributed by atoms with van der Waals surface area (Å²) in [6.07, 6.45) is 6.14. The predicted octanol–water partition coefficient (Wildman–Crippen LogP) is 3.45. The van der Waals surface area contributed by atoms with Gasteiger partial charge in [0, 0.05) is 17.8 Å². The van der Waals surface area contributed by atoms with Gasteiger partial charge in [-0.1, -0.05) is 26.3 Å². The predicted molar refractivity (Wildman–Crippen MR) is 73.7 cm³/mol. The summed E-state index contributed by atoms with van der Waals surface area (Å²) in [5.41, 5.74) is 1.43. The molecule has 2 nitrogen and oxygen atoms in total. The molecule has 2 N–H and O–H groups in total. The third-order valence-corrected chi connectivity index (χ3v) is 2.47. The fourth-order valence-electron chi connectivity index (χ4n) is 1.49. The number of hydrogen-bond acceptors (Lipinski definition) is 2. The lowest BCUT2D eigenvalue weighted by Crippen LogP contribution is -2.37. The molecule has 0 atom stereocenters. The Labute approximate surface area is 102 Å². The van der Waals surface area contributed by atoms with Gasteiger partial charge in [-0.05, 0) is 46.6 Å². The van der Waals surface area contributed by atoms with Gasteiger partial charge in [0.2, 0.25) is 0 Å². The first kappa shape index (κ1) is 15.5. The molecule has 0 unspecified atom stereocenters. The third-order valence-electron chi connectivity index (χ3n) is 2.47. The maximum atomic E-state index is 4.04. The van der Waals surface area contributed by atoms with Crippen LogP contribution in [0.5, 0.6) is 0 Å². The van der Waals surface area contributed by atoms with E-state index in [1.165, 1.54) is 25.0 Å². The van der Waals surface area contributed by atoms with E-state index < -0.39 is 0 Å². The number of unbranched alkanes of at least 4 members (excludes halogenated alkanes) is 2. The van der Waals surface area contributed by atoms with Gasteiger partial charge < -0.3 is 10.6 Å². The molecule has 16 heavy (non-hydrogen) atoms. The number of allylic oxidation sites excluding steroid dienone is 1. The molecule has 0 fully saturated rings. The zero-order valence-corrected chi connectivity index (χ0v) is 11.7. The molecule has 0 aromatic carbocycles. The first-order valence-electron chi connectivity index (χ1n) is 6.62. The van der Waals surface area contributed by atoms with Crippen LogP contribution < -0.4 is 10.6 Å². The molecule has 0 aliphatic heterocycles. The highest BCUT2D eigenvalue weighted by Gasteiger charge is 2.06. The summed E-state index contributed by atoms with van der Waals surface area (Å²) in [7, 11) is 0. The maximum Gasteiger partial charge on any atom is 0.0155 e. The van der Waals surface area contributed by atoms with Crippen molar-refractivity contribution >= 4 is 0 Å². The van der Waals surface area contributed by atoms with Crippen molar-refractivity contribution in [3.05, 3.63) is 12.3 Å². The van der Waals surface area contributed by atoms with Crippen molar-refractivity contribution in [1.29, 1.82) is 0 Å². The van der Waals surface area contributed by atoms with Crippen LogP contribution in [-0.4, -0.2) is 18.6 Å². The van der Waals surface area contributed by atoms with E-state index in [0.29, 0.717) is 0 Å². The highest BCUT2D eigenvalue weighted by Crippen LogP contribution is 2.04. The normalized spacial score (nSPS) is 11.5. The Morgan fingerprint density at radius 2 is 1.75 bits per heavy atom. The van der Waals surface area contributed by atoms with Crippen molar-refractivity contribution in [2.24, 2.45) is 0 Å². The molecule has 0 rings (SSSR count). The minimum absolute atomic E-state index is 0.234. The minimum atomic E-state index is 0.234. The Kier molecular flexibility index (Phi) is 8.36. The van der Waals surface area contributed by atoms with Gasteiger partial charge >= 0.3 is 0 Å². The van der Waals surface area contributed by atoms with E-state index in [2.05, 4.69) is 44.9 Å². The molecule has 0 radical (unpaired) electrons. The van der Waals surface area contributed by atoms with Crippen LogP contribution in [0.1, 0.15) is 59.8 Å². The van der Waals surface area contributed by atoms with E-state index >= 15 is 0 Å². The summed E-state index contributed by atoms with van der Waals surface area (Å²) < 4.78 is 0. The monoisotopic (exact) mass is 226 g/mol. The topological polar surface area (TPSA) is 24.1 Å². The lowest BCUT2D eigenvalue weighted by molar-refractivity contribution is 0.420. The lowest BCUT2D eigenvalue weighted by atomic mass is 10.1. The smallest absolute Gasteiger partial charge is 0.0155 e. The molecule has 96 valence electrons. The van der Waals surface area contributed by atoms with Gasteiger partial charge in [-0.3, -0.25) is 0 Å². The van der Waals surface area contributed by atoms with Crippen molar-refractivity contribution in [2.45, 2.75) is 65.3 Å². The molecule has 0 bridgehead atoms. The van der Waals surface area contributed by atoms with Crippen LogP contribution >= 0.6 is 0 Å². The molecule has 2 heteroatoms. The maximum absolute atomic E-state index is 4.04. The Balaban J connectivity index is 3.28. The van der Waals surface area contributed by atoms with Gasteiger partial charge in [0.25, 0.3) is 0 Å². The molecule has 0 spiro atoms. The van der Waals surface area contributed by atoms with Gasteiger partial charge in [0.1, 0.15) is 0 Å². The summed E-state index contributed by atoms with van der Waals surface area (Å²) >= 11 is 0. The number of nitrogens with one attached hydrogen (secondary N) is 2. The van der Waals surface area contributed by atoms with Gasteiger partial charge in [0.15, 0.2) is 0 Å². The fourth-order valence-corrected chi connectivity index (χ4v) is 1.49. The first-order chi connectivity index (χ1) is 7.45. The SMILES string of the molecule is C=C(CCCCC)NCCCNC(C)(C)C.